The molecule has 0 N–H and O–H groups in total. The predicted molar refractivity (Wildman–Crippen MR) is 102 cm³/mol. The van der Waals surface area contributed by atoms with Crippen LogP contribution in [0.4, 0.5) is 18.0 Å². The number of amides is 4. The zero-order valence-corrected chi connectivity index (χ0v) is 17.3. The Kier molecular flexibility index (Phi) is 8.01. The standard InChI is InChI=1S/C20H24F3N3O5/c1-3-31-18(29)13-25(11-14-6-8-15(9-7-14)20(21,22)23)16(27)5-4-10-26-17(28)12-24(2)19(26)30/h6-9H,3-5,10-13H2,1-2H3. The Morgan fingerprint density at radius 2 is 1.81 bits per heavy atom. The Hall–Kier alpha value is -3.11. The number of urea groups is 1. The summed E-state index contributed by atoms with van der Waals surface area (Å²) in [6.07, 6.45) is -4.34. The molecule has 1 aromatic rings. The molecule has 0 aliphatic carbocycles. The minimum Gasteiger partial charge on any atom is -0.465 e. The van der Waals surface area contributed by atoms with Crippen LogP contribution in [-0.2, 0) is 31.8 Å². The van der Waals surface area contributed by atoms with Crippen molar-refractivity contribution in [3.05, 3.63) is 35.4 Å². The highest BCUT2D eigenvalue weighted by Gasteiger charge is 2.33. The van der Waals surface area contributed by atoms with Gasteiger partial charge in [0.2, 0.25) is 11.8 Å². The van der Waals surface area contributed by atoms with Crippen molar-refractivity contribution in [3.63, 3.8) is 0 Å². The molecule has 1 saturated heterocycles. The lowest BCUT2D eigenvalue weighted by Crippen LogP contribution is -2.37. The van der Waals surface area contributed by atoms with Crippen LogP contribution in [0, 0.1) is 0 Å². The van der Waals surface area contributed by atoms with Crippen molar-refractivity contribution >= 4 is 23.8 Å². The molecule has 0 aromatic heterocycles. The maximum absolute atomic E-state index is 12.7. The normalized spacial score (nSPS) is 14.2. The number of hydrogen-bond donors (Lipinski definition) is 0. The van der Waals surface area contributed by atoms with E-state index in [2.05, 4.69) is 0 Å². The summed E-state index contributed by atoms with van der Waals surface area (Å²) in [7, 11) is 1.50. The van der Waals surface area contributed by atoms with Crippen LogP contribution in [0.15, 0.2) is 24.3 Å². The van der Waals surface area contributed by atoms with Crippen molar-refractivity contribution in [2.75, 3.05) is 33.3 Å². The number of alkyl halides is 3. The molecule has 170 valence electrons. The van der Waals surface area contributed by atoms with Crippen molar-refractivity contribution in [3.8, 4) is 0 Å². The maximum Gasteiger partial charge on any atom is 0.416 e. The summed E-state index contributed by atoms with van der Waals surface area (Å²) in [4.78, 5) is 51.7. The van der Waals surface area contributed by atoms with Gasteiger partial charge in [-0.3, -0.25) is 19.3 Å². The lowest BCUT2D eigenvalue weighted by molar-refractivity contribution is -0.149. The largest absolute Gasteiger partial charge is 0.465 e. The monoisotopic (exact) mass is 443 g/mol. The number of hydrogen-bond acceptors (Lipinski definition) is 5. The van der Waals surface area contributed by atoms with Crippen LogP contribution < -0.4 is 0 Å². The fourth-order valence-corrected chi connectivity index (χ4v) is 3.05. The van der Waals surface area contributed by atoms with E-state index in [-0.39, 0.29) is 51.5 Å². The van der Waals surface area contributed by atoms with E-state index in [4.69, 9.17) is 4.74 Å². The van der Waals surface area contributed by atoms with Crippen molar-refractivity contribution in [1.29, 1.82) is 0 Å². The molecule has 2 rings (SSSR count). The van der Waals surface area contributed by atoms with E-state index in [0.717, 1.165) is 17.0 Å². The number of rotatable bonds is 9. The summed E-state index contributed by atoms with van der Waals surface area (Å²) in [6, 6.07) is 3.86. The topological polar surface area (TPSA) is 87.2 Å². The predicted octanol–water partition coefficient (Wildman–Crippen LogP) is 2.27. The number of imide groups is 1. The molecule has 1 heterocycles. The fourth-order valence-electron chi connectivity index (χ4n) is 3.05. The number of carbonyl (C=O) groups is 4. The molecule has 1 aromatic carbocycles. The van der Waals surface area contributed by atoms with Gasteiger partial charge in [-0.15, -0.1) is 0 Å². The van der Waals surface area contributed by atoms with Crippen LogP contribution in [0.3, 0.4) is 0 Å². The van der Waals surface area contributed by atoms with Gasteiger partial charge in [0, 0.05) is 26.6 Å². The van der Waals surface area contributed by atoms with Crippen molar-refractivity contribution in [2.45, 2.75) is 32.5 Å². The van der Waals surface area contributed by atoms with Crippen LogP contribution >= 0.6 is 0 Å². The van der Waals surface area contributed by atoms with Gasteiger partial charge in [0.05, 0.1) is 12.2 Å². The highest BCUT2D eigenvalue weighted by atomic mass is 19.4. The summed E-state index contributed by atoms with van der Waals surface area (Å²) < 4.78 is 43.1. The molecule has 0 unspecified atom stereocenters. The van der Waals surface area contributed by atoms with E-state index in [1.807, 2.05) is 0 Å². The minimum absolute atomic E-state index is 0.0182. The molecule has 8 nitrogen and oxygen atoms in total. The number of halogens is 3. The van der Waals surface area contributed by atoms with Gasteiger partial charge in [-0.25, -0.2) is 4.79 Å². The third-order valence-electron chi connectivity index (χ3n) is 4.64. The van der Waals surface area contributed by atoms with Gasteiger partial charge in [-0.2, -0.15) is 13.2 Å². The SMILES string of the molecule is CCOC(=O)CN(Cc1ccc(C(F)(F)F)cc1)C(=O)CCCN1C(=O)CN(C)C1=O. The number of esters is 1. The molecule has 0 spiro atoms. The Morgan fingerprint density at radius 3 is 2.32 bits per heavy atom. The van der Waals surface area contributed by atoms with Crippen LogP contribution in [0.1, 0.15) is 30.9 Å². The third kappa shape index (κ3) is 6.69. The van der Waals surface area contributed by atoms with Crippen LogP contribution in [-0.4, -0.2) is 71.8 Å². The minimum atomic E-state index is -4.47. The summed E-state index contributed by atoms with van der Waals surface area (Å²) >= 11 is 0. The fraction of sp³-hybridized carbons (Fsp3) is 0.500. The number of ether oxygens (including phenoxy) is 1. The van der Waals surface area contributed by atoms with Crippen LogP contribution in [0.25, 0.3) is 0 Å². The average Bonchev–Trinajstić information content (AvgIpc) is 2.93. The molecule has 0 saturated carbocycles. The van der Waals surface area contributed by atoms with Gasteiger partial charge in [0.1, 0.15) is 13.1 Å². The molecule has 4 amide bonds. The molecular weight excluding hydrogens is 419 g/mol. The van der Waals surface area contributed by atoms with Crippen molar-refractivity contribution < 1.29 is 37.1 Å². The second-order valence-corrected chi connectivity index (χ2v) is 7.04. The van der Waals surface area contributed by atoms with Crippen LogP contribution in [0.2, 0.25) is 0 Å². The van der Waals surface area contributed by atoms with Gasteiger partial charge in [-0.05, 0) is 31.0 Å². The molecule has 1 aliphatic rings. The van der Waals surface area contributed by atoms with Gasteiger partial charge in [0.25, 0.3) is 0 Å². The molecular formula is C20H24F3N3O5. The first-order chi connectivity index (χ1) is 14.5. The van der Waals surface area contributed by atoms with Gasteiger partial charge in [0.15, 0.2) is 0 Å². The van der Waals surface area contributed by atoms with E-state index in [1.54, 1.807) is 6.92 Å². The summed E-state index contributed by atoms with van der Waals surface area (Å²) in [5.74, 6) is -1.44. The first kappa shape index (κ1) is 24.2. The van der Waals surface area contributed by atoms with Gasteiger partial charge >= 0.3 is 18.2 Å². The van der Waals surface area contributed by atoms with Gasteiger partial charge < -0.3 is 14.5 Å². The molecule has 0 bridgehead atoms. The lowest BCUT2D eigenvalue weighted by Gasteiger charge is -2.23. The molecule has 0 radical (unpaired) electrons. The van der Waals surface area contributed by atoms with Crippen molar-refractivity contribution in [2.24, 2.45) is 0 Å². The number of benzene rings is 1. The first-order valence-electron chi connectivity index (χ1n) is 9.68. The Balaban J connectivity index is 2.01. The summed E-state index contributed by atoms with van der Waals surface area (Å²) in [6.45, 7) is 1.32. The van der Waals surface area contributed by atoms with Crippen molar-refractivity contribution in [1.82, 2.24) is 14.7 Å². The van der Waals surface area contributed by atoms with E-state index in [0.29, 0.717) is 5.56 Å². The molecule has 1 aliphatic heterocycles. The highest BCUT2D eigenvalue weighted by Crippen LogP contribution is 2.29. The van der Waals surface area contributed by atoms with E-state index in [1.165, 1.54) is 29.0 Å². The van der Waals surface area contributed by atoms with E-state index < -0.39 is 29.6 Å². The molecule has 1 fully saturated rings. The maximum atomic E-state index is 12.7. The zero-order valence-electron chi connectivity index (χ0n) is 17.3. The zero-order chi connectivity index (χ0) is 23.2. The molecule has 0 atom stereocenters. The Bertz CT molecular complexity index is 826. The average molecular weight is 443 g/mol. The van der Waals surface area contributed by atoms with E-state index in [9.17, 15) is 32.3 Å². The Morgan fingerprint density at radius 1 is 1.16 bits per heavy atom. The number of likely N-dealkylation sites (N-methyl/N-ethyl adjacent to an activating group) is 1. The van der Waals surface area contributed by atoms with Crippen LogP contribution in [0.5, 0.6) is 0 Å². The summed E-state index contributed by atoms with van der Waals surface area (Å²) in [5.41, 5.74) is -0.401. The lowest BCUT2D eigenvalue weighted by atomic mass is 10.1. The van der Waals surface area contributed by atoms with E-state index >= 15 is 0 Å². The number of carbonyl (C=O) groups excluding carboxylic acids is 4. The van der Waals surface area contributed by atoms with Gasteiger partial charge in [-0.1, -0.05) is 12.1 Å². The second kappa shape index (κ2) is 10.3. The summed E-state index contributed by atoms with van der Waals surface area (Å²) in [5, 5.41) is 0. The Labute approximate surface area is 177 Å². The molecule has 31 heavy (non-hydrogen) atoms. The first-order valence-corrected chi connectivity index (χ1v) is 9.68. The molecule has 11 heteroatoms. The quantitative estimate of drug-likeness (QED) is 0.432. The third-order valence-corrected chi connectivity index (χ3v) is 4.64. The number of nitrogens with zero attached hydrogens (tertiary/aromatic N) is 3. The highest BCUT2D eigenvalue weighted by molar-refractivity contribution is 6.01. The smallest absolute Gasteiger partial charge is 0.416 e. The second-order valence-electron chi connectivity index (χ2n) is 7.04.